The molecule has 1 aliphatic heterocycles. The molecule has 1 aliphatic rings. The highest BCUT2D eigenvalue weighted by Gasteiger charge is 2.22. The van der Waals surface area contributed by atoms with Crippen molar-refractivity contribution >= 4 is 46.2 Å². The Kier molecular flexibility index (Phi) is 5.49. The predicted molar refractivity (Wildman–Crippen MR) is 91.0 cm³/mol. The van der Waals surface area contributed by atoms with Crippen molar-refractivity contribution in [3.05, 3.63) is 28.2 Å². The molecule has 1 aromatic carbocycles. The lowest BCUT2D eigenvalue weighted by Gasteiger charge is -2.36. The zero-order valence-electron chi connectivity index (χ0n) is 11.7. The van der Waals surface area contributed by atoms with Gasteiger partial charge in [0.25, 0.3) is 0 Å². The first-order valence-corrected chi connectivity index (χ1v) is 7.81. The summed E-state index contributed by atoms with van der Waals surface area (Å²) in [5.41, 5.74) is 0.792. The Bertz CT molecular complexity index is 487. The fourth-order valence-corrected chi connectivity index (χ4v) is 3.06. The highest BCUT2D eigenvalue weighted by atomic mass is 35.5. The van der Waals surface area contributed by atoms with Gasteiger partial charge in [-0.3, -0.25) is 0 Å². The molecule has 0 saturated carbocycles. The van der Waals surface area contributed by atoms with Gasteiger partial charge in [0.1, 0.15) is 0 Å². The number of benzene rings is 1. The van der Waals surface area contributed by atoms with E-state index in [0.717, 1.165) is 31.6 Å². The van der Waals surface area contributed by atoms with E-state index in [-0.39, 0.29) is 0 Å². The van der Waals surface area contributed by atoms with Crippen LogP contribution in [0.15, 0.2) is 18.2 Å². The van der Waals surface area contributed by atoms with Crippen LogP contribution in [0.2, 0.25) is 10.0 Å². The van der Waals surface area contributed by atoms with Crippen LogP contribution >= 0.6 is 35.4 Å². The van der Waals surface area contributed by atoms with Gasteiger partial charge in [0.05, 0.1) is 10.7 Å². The van der Waals surface area contributed by atoms with Gasteiger partial charge in [-0.05, 0) is 63.4 Å². The van der Waals surface area contributed by atoms with Crippen molar-refractivity contribution in [3.63, 3.8) is 0 Å². The van der Waals surface area contributed by atoms with Crippen molar-refractivity contribution < 1.29 is 0 Å². The van der Waals surface area contributed by atoms with Crippen molar-refractivity contribution in [2.75, 3.05) is 32.5 Å². The first kappa shape index (κ1) is 15.8. The average Bonchev–Trinajstić information content (AvgIpc) is 2.42. The van der Waals surface area contributed by atoms with E-state index in [4.69, 9.17) is 35.4 Å². The van der Waals surface area contributed by atoms with E-state index in [1.807, 2.05) is 13.1 Å². The fraction of sp³-hybridized carbons (Fsp3) is 0.500. The fourth-order valence-electron chi connectivity index (χ4n) is 2.34. The number of nitrogens with zero attached hydrogens (tertiary/aromatic N) is 2. The van der Waals surface area contributed by atoms with Crippen molar-refractivity contribution in [2.24, 2.45) is 0 Å². The molecular formula is C14H19Cl2N3S. The normalized spacial score (nSPS) is 17.0. The Morgan fingerprint density at radius 1 is 1.35 bits per heavy atom. The minimum atomic E-state index is 0.484. The van der Waals surface area contributed by atoms with E-state index < -0.39 is 0 Å². The van der Waals surface area contributed by atoms with E-state index in [9.17, 15) is 0 Å². The summed E-state index contributed by atoms with van der Waals surface area (Å²) in [6.45, 7) is 2.22. The Hall–Kier alpha value is -0.550. The third-order valence-corrected chi connectivity index (χ3v) is 4.67. The molecule has 0 radical (unpaired) electrons. The monoisotopic (exact) mass is 331 g/mol. The van der Waals surface area contributed by atoms with Crippen LogP contribution < -0.4 is 5.32 Å². The summed E-state index contributed by atoms with van der Waals surface area (Å²) >= 11 is 17.5. The summed E-state index contributed by atoms with van der Waals surface area (Å²) in [6.07, 6.45) is 2.26. The highest BCUT2D eigenvalue weighted by Crippen LogP contribution is 2.26. The molecule has 1 N–H and O–H groups in total. The first-order valence-electron chi connectivity index (χ1n) is 6.65. The maximum atomic E-state index is 6.15. The quantitative estimate of drug-likeness (QED) is 0.832. The van der Waals surface area contributed by atoms with Crippen molar-refractivity contribution in [1.82, 2.24) is 9.80 Å². The van der Waals surface area contributed by atoms with Crippen LogP contribution in [0.5, 0.6) is 0 Å². The molecule has 110 valence electrons. The Morgan fingerprint density at radius 3 is 2.60 bits per heavy atom. The van der Waals surface area contributed by atoms with Gasteiger partial charge in [-0.15, -0.1) is 0 Å². The number of anilines is 1. The molecule has 20 heavy (non-hydrogen) atoms. The molecule has 3 nitrogen and oxygen atoms in total. The average molecular weight is 332 g/mol. The second-order valence-corrected chi connectivity index (χ2v) is 6.43. The van der Waals surface area contributed by atoms with Crippen molar-refractivity contribution in [2.45, 2.75) is 18.9 Å². The second-order valence-electron chi connectivity index (χ2n) is 5.20. The van der Waals surface area contributed by atoms with E-state index in [1.54, 1.807) is 12.1 Å². The molecule has 2 rings (SSSR count). The van der Waals surface area contributed by atoms with Gasteiger partial charge in [-0.2, -0.15) is 0 Å². The van der Waals surface area contributed by atoms with Gasteiger partial charge in [-0.1, -0.05) is 23.2 Å². The number of halogens is 2. The zero-order valence-corrected chi connectivity index (χ0v) is 14.0. The molecule has 1 heterocycles. The lowest BCUT2D eigenvalue weighted by Crippen LogP contribution is -2.45. The van der Waals surface area contributed by atoms with E-state index in [1.165, 1.54) is 0 Å². The third kappa shape index (κ3) is 3.98. The molecule has 0 bridgehead atoms. The SMILES string of the molecule is CN1CCC(N(C)C(=S)Nc2ccc(Cl)cc2Cl)CC1. The van der Waals surface area contributed by atoms with Crippen LogP contribution in [0.3, 0.4) is 0 Å². The lowest BCUT2D eigenvalue weighted by atomic mass is 10.0. The molecule has 0 aromatic heterocycles. The molecule has 0 aliphatic carbocycles. The number of rotatable bonds is 2. The minimum Gasteiger partial charge on any atom is -0.349 e. The van der Waals surface area contributed by atoms with Gasteiger partial charge < -0.3 is 15.1 Å². The number of hydrogen-bond acceptors (Lipinski definition) is 2. The summed E-state index contributed by atoms with van der Waals surface area (Å²) in [5, 5.41) is 5.10. The van der Waals surface area contributed by atoms with E-state index >= 15 is 0 Å². The topological polar surface area (TPSA) is 18.5 Å². The third-order valence-electron chi connectivity index (χ3n) is 3.73. The highest BCUT2D eigenvalue weighted by molar-refractivity contribution is 7.80. The van der Waals surface area contributed by atoms with Crippen LogP contribution in [0, 0.1) is 0 Å². The maximum absolute atomic E-state index is 6.15. The molecule has 1 fully saturated rings. The molecule has 1 saturated heterocycles. The summed E-state index contributed by atoms with van der Waals surface area (Å²) in [4.78, 5) is 4.48. The molecule has 0 amide bonds. The minimum absolute atomic E-state index is 0.484. The van der Waals surface area contributed by atoms with Gasteiger partial charge in [-0.25, -0.2) is 0 Å². The molecule has 1 aromatic rings. The van der Waals surface area contributed by atoms with Crippen LogP contribution in [-0.2, 0) is 0 Å². The number of piperidine rings is 1. The molecule has 0 atom stereocenters. The Morgan fingerprint density at radius 2 is 2.00 bits per heavy atom. The first-order chi connectivity index (χ1) is 9.47. The summed E-state index contributed by atoms with van der Waals surface area (Å²) < 4.78 is 0. The smallest absolute Gasteiger partial charge is 0.173 e. The standard InChI is InChI=1S/C14H19Cl2N3S/c1-18-7-5-11(6-8-18)19(2)14(20)17-13-4-3-10(15)9-12(13)16/h3-4,9,11H,5-8H2,1-2H3,(H,17,20). The number of thiocarbonyl (C=S) groups is 1. The van der Waals surface area contributed by atoms with Crippen LogP contribution in [0.4, 0.5) is 5.69 Å². The molecule has 0 unspecified atom stereocenters. The van der Waals surface area contributed by atoms with Crippen molar-refractivity contribution in [3.8, 4) is 0 Å². The van der Waals surface area contributed by atoms with Gasteiger partial charge in [0.15, 0.2) is 5.11 Å². The Balaban J connectivity index is 1.97. The number of hydrogen-bond donors (Lipinski definition) is 1. The van der Waals surface area contributed by atoms with Crippen LogP contribution in [-0.4, -0.2) is 48.1 Å². The molecular weight excluding hydrogens is 313 g/mol. The Labute approximate surface area is 135 Å². The van der Waals surface area contributed by atoms with Crippen LogP contribution in [0.25, 0.3) is 0 Å². The van der Waals surface area contributed by atoms with Gasteiger partial charge in [0.2, 0.25) is 0 Å². The molecule has 0 spiro atoms. The van der Waals surface area contributed by atoms with Crippen molar-refractivity contribution in [1.29, 1.82) is 0 Å². The van der Waals surface area contributed by atoms with E-state index in [2.05, 4.69) is 22.2 Å². The molecule has 6 heteroatoms. The van der Waals surface area contributed by atoms with Crippen LogP contribution in [0.1, 0.15) is 12.8 Å². The summed E-state index contributed by atoms with van der Waals surface area (Å²) in [7, 11) is 4.19. The largest absolute Gasteiger partial charge is 0.349 e. The lowest BCUT2D eigenvalue weighted by molar-refractivity contribution is 0.193. The summed E-state index contributed by atoms with van der Waals surface area (Å²) in [6, 6.07) is 5.84. The summed E-state index contributed by atoms with van der Waals surface area (Å²) in [5.74, 6) is 0. The zero-order chi connectivity index (χ0) is 14.7. The number of nitrogens with one attached hydrogen (secondary N) is 1. The van der Waals surface area contributed by atoms with Gasteiger partial charge in [0, 0.05) is 18.1 Å². The van der Waals surface area contributed by atoms with Gasteiger partial charge >= 0.3 is 0 Å². The number of likely N-dealkylation sites (tertiary alicyclic amines) is 1. The second kappa shape index (κ2) is 6.94. The maximum Gasteiger partial charge on any atom is 0.173 e. The predicted octanol–water partition coefficient (Wildman–Crippen LogP) is 3.72. The van der Waals surface area contributed by atoms with E-state index in [0.29, 0.717) is 21.2 Å².